The zero-order valence-electron chi connectivity index (χ0n) is 11.6. The molecule has 2 unspecified atom stereocenters. The molecule has 1 fully saturated rings. The molecule has 4 heteroatoms. The molecule has 1 saturated heterocycles. The van der Waals surface area contributed by atoms with Crippen molar-refractivity contribution in [1.29, 1.82) is 0 Å². The Hall–Kier alpha value is -1.55. The Kier molecular flexibility index (Phi) is 3.80. The summed E-state index contributed by atoms with van der Waals surface area (Å²) >= 11 is 0. The second kappa shape index (κ2) is 5.21. The summed E-state index contributed by atoms with van der Waals surface area (Å²) in [7, 11) is 0. The third-order valence-electron chi connectivity index (χ3n) is 4.10. The predicted molar refractivity (Wildman–Crippen MR) is 75.8 cm³/mol. The van der Waals surface area contributed by atoms with Gasteiger partial charge in [0.1, 0.15) is 0 Å². The van der Waals surface area contributed by atoms with Gasteiger partial charge in [-0.25, -0.2) is 0 Å². The van der Waals surface area contributed by atoms with Gasteiger partial charge in [-0.15, -0.1) is 0 Å². The fraction of sp³-hybridized carbons (Fsp3) is 0.533. The topological polar surface area (TPSA) is 66.6 Å². The Labute approximate surface area is 114 Å². The maximum absolute atomic E-state index is 11.4. The van der Waals surface area contributed by atoms with Crippen LogP contribution >= 0.6 is 0 Å². The largest absolute Gasteiger partial charge is 0.388 e. The molecule has 19 heavy (non-hydrogen) atoms. The first-order valence-electron chi connectivity index (χ1n) is 6.79. The Morgan fingerprint density at radius 2 is 2.11 bits per heavy atom. The number of amides is 1. The van der Waals surface area contributed by atoms with Crippen molar-refractivity contribution in [2.24, 2.45) is 11.1 Å². The number of primary amides is 1. The van der Waals surface area contributed by atoms with Crippen LogP contribution in [0.5, 0.6) is 0 Å². The van der Waals surface area contributed by atoms with Gasteiger partial charge in [-0.3, -0.25) is 4.79 Å². The van der Waals surface area contributed by atoms with Crippen LogP contribution in [0, 0.1) is 5.41 Å². The second-order valence-electron chi connectivity index (χ2n) is 5.61. The normalized spacial score (nSPS) is 24.5. The number of benzene rings is 1. The average Bonchev–Trinajstić information content (AvgIpc) is 2.82. The molecule has 0 aliphatic carbocycles. The number of rotatable bonds is 4. The van der Waals surface area contributed by atoms with Crippen LogP contribution in [0.15, 0.2) is 24.3 Å². The molecule has 2 rings (SSSR count). The molecule has 1 aromatic carbocycles. The van der Waals surface area contributed by atoms with E-state index in [4.69, 9.17) is 5.73 Å². The molecule has 3 N–H and O–H groups in total. The monoisotopic (exact) mass is 262 g/mol. The zero-order chi connectivity index (χ0) is 14.0. The molecule has 4 nitrogen and oxygen atoms in total. The molecule has 1 amide bonds. The number of aliphatic hydroxyl groups is 1. The lowest BCUT2D eigenvalue weighted by Crippen LogP contribution is -2.37. The fourth-order valence-electron chi connectivity index (χ4n) is 2.53. The van der Waals surface area contributed by atoms with Gasteiger partial charge < -0.3 is 15.7 Å². The van der Waals surface area contributed by atoms with Crippen LogP contribution in [-0.4, -0.2) is 24.1 Å². The predicted octanol–water partition coefficient (Wildman–Crippen LogP) is 1.83. The average molecular weight is 262 g/mol. The highest BCUT2D eigenvalue weighted by Gasteiger charge is 2.38. The van der Waals surface area contributed by atoms with Crippen LogP contribution in [0.1, 0.15) is 38.4 Å². The number of anilines is 1. The zero-order valence-corrected chi connectivity index (χ0v) is 11.6. The van der Waals surface area contributed by atoms with Crippen molar-refractivity contribution in [3.05, 3.63) is 29.8 Å². The molecule has 0 radical (unpaired) electrons. The van der Waals surface area contributed by atoms with Crippen molar-refractivity contribution in [2.75, 3.05) is 18.0 Å². The maximum atomic E-state index is 11.4. The van der Waals surface area contributed by atoms with Crippen LogP contribution in [0.3, 0.4) is 0 Å². The lowest BCUT2D eigenvalue weighted by Gasteiger charge is -2.23. The first-order valence-corrected chi connectivity index (χ1v) is 6.79. The van der Waals surface area contributed by atoms with Crippen molar-refractivity contribution in [3.8, 4) is 0 Å². The number of aliphatic hydroxyl groups excluding tert-OH is 1. The molecule has 104 valence electrons. The molecule has 0 bridgehead atoms. The minimum Gasteiger partial charge on any atom is -0.388 e. The molecule has 0 spiro atoms. The van der Waals surface area contributed by atoms with Crippen molar-refractivity contribution in [1.82, 2.24) is 0 Å². The van der Waals surface area contributed by atoms with E-state index >= 15 is 0 Å². The number of carbonyl (C=O) groups excluding carboxylic acids is 1. The van der Waals surface area contributed by atoms with Gasteiger partial charge in [0.15, 0.2) is 0 Å². The quantitative estimate of drug-likeness (QED) is 0.870. The first-order chi connectivity index (χ1) is 8.96. The second-order valence-corrected chi connectivity index (χ2v) is 5.61. The smallest absolute Gasteiger partial charge is 0.225 e. The van der Waals surface area contributed by atoms with E-state index in [0.29, 0.717) is 13.0 Å². The summed E-state index contributed by atoms with van der Waals surface area (Å²) in [5.74, 6) is -0.229. The highest BCUT2D eigenvalue weighted by Crippen LogP contribution is 2.33. The third kappa shape index (κ3) is 2.73. The minimum absolute atomic E-state index is 0.229. The van der Waals surface area contributed by atoms with Gasteiger partial charge in [0.05, 0.1) is 11.5 Å². The first kappa shape index (κ1) is 13.9. The lowest BCUT2D eigenvalue weighted by atomic mass is 9.89. The maximum Gasteiger partial charge on any atom is 0.225 e. The Balaban J connectivity index is 2.10. The number of hydrogen-bond acceptors (Lipinski definition) is 3. The van der Waals surface area contributed by atoms with Crippen molar-refractivity contribution < 1.29 is 9.90 Å². The van der Waals surface area contributed by atoms with Gasteiger partial charge in [-0.05, 0) is 37.5 Å². The van der Waals surface area contributed by atoms with Gasteiger partial charge in [0.25, 0.3) is 0 Å². The molecule has 0 aromatic heterocycles. The van der Waals surface area contributed by atoms with E-state index in [1.165, 1.54) is 0 Å². The molecule has 1 aliphatic rings. The van der Waals surface area contributed by atoms with E-state index in [2.05, 4.69) is 4.90 Å². The van der Waals surface area contributed by atoms with Crippen molar-refractivity contribution >= 4 is 11.6 Å². The van der Waals surface area contributed by atoms with E-state index in [0.717, 1.165) is 24.2 Å². The molecular formula is C15H22N2O2. The number of nitrogens with zero attached hydrogens (tertiary/aromatic N) is 1. The molecule has 1 aliphatic heterocycles. The summed E-state index contributed by atoms with van der Waals surface area (Å²) in [5.41, 5.74) is 7.04. The van der Waals surface area contributed by atoms with Gasteiger partial charge in [-0.2, -0.15) is 0 Å². The van der Waals surface area contributed by atoms with Gasteiger partial charge in [0.2, 0.25) is 5.91 Å². The summed E-state index contributed by atoms with van der Waals surface area (Å²) in [5, 5.41) is 9.77. The SMILES string of the molecule is CCC(O)c1ccc(N2CCC(C)(C(N)=O)C2)cc1. The highest BCUT2D eigenvalue weighted by molar-refractivity contribution is 5.82. The molecule has 1 heterocycles. The van der Waals surface area contributed by atoms with Crippen LogP contribution in [0.4, 0.5) is 5.69 Å². The van der Waals surface area contributed by atoms with Crippen LogP contribution in [-0.2, 0) is 4.79 Å². The number of carbonyl (C=O) groups is 1. The number of hydrogen-bond donors (Lipinski definition) is 2. The van der Waals surface area contributed by atoms with E-state index in [-0.39, 0.29) is 5.91 Å². The summed E-state index contributed by atoms with van der Waals surface area (Å²) < 4.78 is 0. The fourth-order valence-corrected chi connectivity index (χ4v) is 2.53. The van der Waals surface area contributed by atoms with E-state index < -0.39 is 11.5 Å². The minimum atomic E-state index is -0.429. The van der Waals surface area contributed by atoms with Crippen molar-refractivity contribution in [2.45, 2.75) is 32.8 Å². The summed E-state index contributed by atoms with van der Waals surface area (Å²) in [6.07, 6.45) is 1.10. The standard InChI is InChI=1S/C15H22N2O2/c1-3-13(18)11-4-6-12(7-5-11)17-9-8-15(2,10-17)14(16)19/h4-7,13,18H,3,8-10H2,1-2H3,(H2,16,19). The van der Waals surface area contributed by atoms with E-state index in [9.17, 15) is 9.90 Å². The van der Waals surface area contributed by atoms with Crippen molar-refractivity contribution in [3.63, 3.8) is 0 Å². The van der Waals surface area contributed by atoms with Gasteiger partial charge in [0, 0.05) is 18.8 Å². The number of nitrogens with two attached hydrogens (primary N) is 1. The van der Waals surface area contributed by atoms with Gasteiger partial charge in [-0.1, -0.05) is 19.1 Å². The molecule has 2 atom stereocenters. The Morgan fingerprint density at radius 1 is 1.47 bits per heavy atom. The van der Waals surface area contributed by atoms with Crippen LogP contribution in [0.25, 0.3) is 0 Å². The van der Waals surface area contributed by atoms with E-state index in [1.807, 2.05) is 38.1 Å². The summed E-state index contributed by atoms with van der Waals surface area (Å²) in [6.45, 7) is 5.38. The van der Waals surface area contributed by atoms with Crippen LogP contribution < -0.4 is 10.6 Å². The van der Waals surface area contributed by atoms with E-state index in [1.54, 1.807) is 0 Å². The molecular weight excluding hydrogens is 240 g/mol. The van der Waals surface area contributed by atoms with Gasteiger partial charge >= 0.3 is 0 Å². The summed E-state index contributed by atoms with van der Waals surface area (Å²) in [4.78, 5) is 13.6. The third-order valence-corrected chi connectivity index (χ3v) is 4.10. The molecule has 0 saturated carbocycles. The lowest BCUT2D eigenvalue weighted by molar-refractivity contribution is -0.125. The highest BCUT2D eigenvalue weighted by atomic mass is 16.3. The molecule has 1 aromatic rings. The Bertz CT molecular complexity index is 458. The van der Waals surface area contributed by atoms with Crippen LogP contribution in [0.2, 0.25) is 0 Å². The Morgan fingerprint density at radius 3 is 2.58 bits per heavy atom. The summed E-state index contributed by atoms with van der Waals surface area (Å²) in [6, 6.07) is 7.90.